The number of hydrogen-bond acceptors (Lipinski definition) is 8. The third-order valence-electron chi connectivity index (χ3n) is 7.54. The fourth-order valence-electron chi connectivity index (χ4n) is 5.09. The Morgan fingerprint density at radius 2 is 1.85 bits per heavy atom. The van der Waals surface area contributed by atoms with Crippen LogP contribution in [-0.4, -0.2) is 84.3 Å². The maximum absolute atomic E-state index is 15.7. The van der Waals surface area contributed by atoms with Gasteiger partial charge in [0.25, 0.3) is 12.3 Å². The number of carbonyl (C=O) groups is 1. The lowest BCUT2D eigenvalue weighted by Crippen LogP contribution is -2.50. The molecule has 0 unspecified atom stereocenters. The van der Waals surface area contributed by atoms with E-state index in [0.717, 1.165) is 6.20 Å². The average Bonchev–Trinajstić information content (AvgIpc) is 2.95. The molecule has 2 fully saturated rings. The van der Waals surface area contributed by atoms with Gasteiger partial charge in [0.05, 0.1) is 29.6 Å². The Bertz CT molecular complexity index is 1470. The van der Waals surface area contributed by atoms with Crippen molar-refractivity contribution >= 4 is 23.2 Å². The number of benzene rings is 1. The van der Waals surface area contributed by atoms with Crippen molar-refractivity contribution in [3.05, 3.63) is 64.1 Å². The number of likely N-dealkylation sites (N-methyl/N-ethyl adjacent to an activating group) is 1. The van der Waals surface area contributed by atoms with E-state index >= 15 is 4.39 Å². The van der Waals surface area contributed by atoms with E-state index in [9.17, 15) is 18.4 Å². The van der Waals surface area contributed by atoms with Gasteiger partial charge in [-0.15, -0.1) is 0 Å². The molecule has 1 amide bonds. The quantitative estimate of drug-likeness (QED) is 0.463. The van der Waals surface area contributed by atoms with E-state index in [1.807, 2.05) is 30.7 Å². The van der Waals surface area contributed by atoms with Gasteiger partial charge in [-0.25, -0.2) is 23.1 Å². The Kier molecular flexibility index (Phi) is 8.27. The van der Waals surface area contributed by atoms with Gasteiger partial charge in [0.2, 0.25) is 11.5 Å². The van der Waals surface area contributed by atoms with Gasteiger partial charge in [0, 0.05) is 80.1 Å². The summed E-state index contributed by atoms with van der Waals surface area (Å²) in [5.41, 5.74) is -0.631. The molecule has 4 heterocycles. The molecule has 2 N–H and O–H groups in total. The van der Waals surface area contributed by atoms with Gasteiger partial charge in [0.1, 0.15) is 5.82 Å². The molecule has 13 heteroatoms. The van der Waals surface area contributed by atoms with Crippen molar-refractivity contribution < 1.29 is 22.7 Å². The Hall–Kier alpha value is -3.97. The number of morpholine rings is 1. The monoisotopic (exact) mass is 571 g/mol. The van der Waals surface area contributed by atoms with Gasteiger partial charge in [0.15, 0.2) is 0 Å². The molecular formula is C28H32F3N7O3. The lowest BCUT2D eigenvalue weighted by Gasteiger charge is -2.39. The minimum Gasteiger partial charge on any atom is -0.375 e. The molecule has 0 radical (unpaired) electrons. The first-order valence-corrected chi connectivity index (χ1v) is 13.4. The Morgan fingerprint density at radius 1 is 1.10 bits per heavy atom. The third kappa shape index (κ3) is 6.20. The van der Waals surface area contributed by atoms with Crippen molar-refractivity contribution in [2.75, 3.05) is 61.5 Å². The van der Waals surface area contributed by atoms with Crippen molar-refractivity contribution in [2.45, 2.75) is 32.4 Å². The molecule has 3 aromatic rings. The molecule has 41 heavy (non-hydrogen) atoms. The number of pyridine rings is 1. The summed E-state index contributed by atoms with van der Waals surface area (Å²) < 4.78 is 48.6. The highest BCUT2D eigenvalue weighted by molar-refractivity contribution is 6.07. The molecule has 2 aromatic heterocycles. The fourth-order valence-corrected chi connectivity index (χ4v) is 5.09. The number of amides is 1. The molecule has 2 atom stereocenters. The van der Waals surface area contributed by atoms with Crippen molar-refractivity contribution in [1.82, 2.24) is 19.9 Å². The van der Waals surface area contributed by atoms with Gasteiger partial charge in [-0.05, 0) is 33.0 Å². The van der Waals surface area contributed by atoms with Gasteiger partial charge in [-0.2, -0.15) is 0 Å². The number of aromatic nitrogens is 3. The highest BCUT2D eigenvalue weighted by Crippen LogP contribution is 2.36. The van der Waals surface area contributed by atoms with Crippen molar-refractivity contribution in [1.29, 1.82) is 0 Å². The summed E-state index contributed by atoms with van der Waals surface area (Å²) in [4.78, 5) is 42.1. The lowest BCUT2D eigenvalue weighted by molar-refractivity contribution is 0.0526. The summed E-state index contributed by atoms with van der Waals surface area (Å²) in [6.07, 6.45) is 0.987. The van der Waals surface area contributed by atoms with Crippen LogP contribution in [0.1, 0.15) is 36.2 Å². The number of nitrogens with zero attached hydrogens (tertiary/aromatic N) is 5. The number of carbonyl (C=O) groups excluding carboxylic acids is 1. The standard InChI is InChI=1S/C28H32F3N7O3/c1-16-14-37(5-4-36(16)3)24-10-22(29)19(18-11-33-28(34-12-18)38-6-7-41-17(2)15-38)8-23(24)35-27(40)21-13-32-25(39)9-20(21)26(30)31/h8-13,16-17,26H,4-7,14-15H2,1-3H3,(H,32,39)(H,35,40)/t16-,17-/m0/s1. The summed E-state index contributed by atoms with van der Waals surface area (Å²) in [7, 11) is 2.00. The number of H-pyrrole nitrogens is 1. The normalized spacial score (nSPS) is 20.0. The number of hydrogen-bond donors (Lipinski definition) is 2. The van der Waals surface area contributed by atoms with Gasteiger partial charge in [-0.3, -0.25) is 9.59 Å². The fraction of sp³-hybridized carbons (Fsp3) is 0.429. The first-order valence-electron chi connectivity index (χ1n) is 13.4. The van der Waals surface area contributed by atoms with E-state index < -0.39 is 29.3 Å². The number of piperazine rings is 1. The van der Waals surface area contributed by atoms with E-state index in [4.69, 9.17) is 4.74 Å². The summed E-state index contributed by atoms with van der Waals surface area (Å²) in [5.74, 6) is -0.901. The Labute approximate surface area is 235 Å². The Balaban J connectivity index is 1.51. The molecule has 0 bridgehead atoms. The van der Waals surface area contributed by atoms with Crippen LogP contribution < -0.4 is 20.7 Å². The summed E-state index contributed by atoms with van der Waals surface area (Å²) >= 11 is 0. The molecule has 0 spiro atoms. The van der Waals surface area contributed by atoms with Crippen molar-refractivity contribution in [3.63, 3.8) is 0 Å². The second-order valence-corrected chi connectivity index (χ2v) is 10.4. The topological polar surface area (TPSA) is 107 Å². The summed E-state index contributed by atoms with van der Waals surface area (Å²) in [6, 6.07) is 3.66. The molecule has 10 nitrogen and oxygen atoms in total. The van der Waals surface area contributed by atoms with Crippen LogP contribution in [0.5, 0.6) is 0 Å². The number of anilines is 3. The molecule has 1 aromatic carbocycles. The zero-order valence-electron chi connectivity index (χ0n) is 23.0. The second kappa shape index (κ2) is 11.9. The molecule has 2 saturated heterocycles. The van der Waals surface area contributed by atoms with Crippen molar-refractivity contribution in [2.24, 2.45) is 0 Å². The van der Waals surface area contributed by atoms with Crippen LogP contribution in [0.25, 0.3) is 11.1 Å². The highest BCUT2D eigenvalue weighted by atomic mass is 19.3. The maximum Gasteiger partial charge on any atom is 0.264 e. The summed E-state index contributed by atoms with van der Waals surface area (Å²) in [5, 5.41) is 2.69. The Morgan fingerprint density at radius 3 is 2.54 bits per heavy atom. The number of ether oxygens (including phenoxy) is 1. The first-order chi connectivity index (χ1) is 19.6. The predicted molar refractivity (Wildman–Crippen MR) is 149 cm³/mol. The van der Waals surface area contributed by atoms with Crippen LogP contribution in [0.3, 0.4) is 0 Å². The predicted octanol–water partition coefficient (Wildman–Crippen LogP) is 3.53. The lowest BCUT2D eigenvalue weighted by atomic mass is 10.0. The van der Waals surface area contributed by atoms with Crippen LogP contribution in [0.2, 0.25) is 0 Å². The van der Waals surface area contributed by atoms with E-state index in [1.54, 1.807) is 0 Å². The first kappa shape index (κ1) is 28.6. The SMILES string of the molecule is C[C@H]1CN(c2ncc(-c3cc(NC(=O)c4c[nH]c(=O)cc4C(F)F)c(N4CCN(C)[C@@H](C)C4)cc3F)cn2)CCO1. The van der Waals surface area contributed by atoms with E-state index in [0.29, 0.717) is 62.6 Å². The largest absolute Gasteiger partial charge is 0.375 e. The van der Waals surface area contributed by atoms with Crippen LogP contribution in [0, 0.1) is 5.82 Å². The molecule has 218 valence electrons. The molecule has 2 aliphatic rings. The van der Waals surface area contributed by atoms with Crippen LogP contribution in [-0.2, 0) is 4.74 Å². The maximum atomic E-state index is 15.7. The number of aromatic amines is 1. The van der Waals surface area contributed by atoms with Crippen molar-refractivity contribution in [3.8, 4) is 11.1 Å². The number of nitrogens with one attached hydrogen (secondary N) is 2. The highest BCUT2D eigenvalue weighted by Gasteiger charge is 2.27. The number of halogens is 3. The smallest absolute Gasteiger partial charge is 0.264 e. The van der Waals surface area contributed by atoms with E-state index in [1.165, 1.54) is 24.5 Å². The molecular weight excluding hydrogens is 539 g/mol. The molecule has 2 aliphatic heterocycles. The van der Waals surface area contributed by atoms with Gasteiger partial charge >= 0.3 is 0 Å². The van der Waals surface area contributed by atoms with Crippen LogP contribution in [0.4, 0.5) is 30.5 Å². The van der Waals surface area contributed by atoms with Gasteiger partial charge < -0.3 is 29.7 Å². The molecule has 0 saturated carbocycles. The number of alkyl halides is 2. The third-order valence-corrected chi connectivity index (χ3v) is 7.54. The van der Waals surface area contributed by atoms with E-state index in [-0.39, 0.29) is 29.0 Å². The van der Waals surface area contributed by atoms with E-state index in [2.05, 4.69) is 25.2 Å². The van der Waals surface area contributed by atoms with Gasteiger partial charge in [-0.1, -0.05) is 0 Å². The summed E-state index contributed by atoms with van der Waals surface area (Å²) in [6.45, 7) is 7.67. The zero-order valence-corrected chi connectivity index (χ0v) is 23.0. The zero-order chi connectivity index (χ0) is 29.3. The molecule has 0 aliphatic carbocycles. The molecule has 5 rings (SSSR count). The van der Waals surface area contributed by atoms with Crippen LogP contribution >= 0.6 is 0 Å². The minimum absolute atomic E-state index is 0.0357. The number of rotatable bonds is 6. The minimum atomic E-state index is -3.04. The second-order valence-electron chi connectivity index (χ2n) is 10.4. The van der Waals surface area contributed by atoms with Crippen LogP contribution in [0.15, 0.2) is 41.6 Å². The average molecular weight is 572 g/mol.